The van der Waals surface area contributed by atoms with Crippen LogP contribution in [0.1, 0.15) is 38.7 Å². The van der Waals surface area contributed by atoms with Crippen LogP contribution in [0, 0.1) is 12.7 Å². The Morgan fingerprint density at radius 2 is 2.06 bits per heavy atom. The Kier molecular flexibility index (Phi) is 5.42. The number of benzene rings is 1. The Morgan fingerprint density at radius 3 is 2.59 bits per heavy atom. The van der Waals surface area contributed by atoms with Crippen LogP contribution in [0.15, 0.2) is 18.2 Å². The first-order chi connectivity index (χ1) is 8.08. The Hall–Kier alpha value is -1.09. The molecule has 2 nitrogen and oxygen atoms in total. The van der Waals surface area contributed by atoms with Crippen molar-refractivity contribution in [1.82, 2.24) is 0 Å². The van der Waals surface area contributed by atoms with Crippen molar-refractivity contribution in [1.29, 1.82) is 0 Å². The molecule has 0 aliphatic heterocycles. The molecule has 0 amide bonds. The fourth-order valence-corrected chi connectivity index (χ4v) is 1.78. The first-order valence-corrected chi connectivity index (χ1v) is 6.19. The fraction of sp³-hybridized carbons (Fsp3) is 0.571. The molecule has 0 saturated heterocycles. The van der Waals surface area contributed by atoms with Gasteiger partial charge in [-0.1, -0.05) is 20.3 Å². The van der Waals surface area contributed by atoms with Crippen LogP contribution in [0.2, 0.25) is 0 Å². The molecular weight excluding hydrogens is 219 g/mol. The van der Waals surface area contributed by atoms with Crippen molar-refractivity contribution in [2.24, 2.45) is 0 Å². The van der Waals surface area contributed by atoms with E-state index in [1.54, 1.807) is 19.1 Å². The van der Waals surface area contributed by atoms with Gasteiger partial charge in [-0.3, -0.25) is 0 Å². The summed E-state index contributed by atoms with van der Waals surface area (Å²) in [6.07, 6.45) is 1.69. The molecule has 0 aliphatic carbocycles. The second kappa shape index (κ2) is 6.60. The third-order valence-corrected chi connectivity index (χ3v) is 2.83. The van der Waals surface area contributed by atoms with Crippen molar-refractivity contribution < 1.29 is 14.2 Å². The number of aliphatic hydroxyl groups is 1. The molecule has 0 spiro atoms. The standard InChI is InChI=1S/C14H21FO2/c1-4-6-13(16)14(5-2)17-11-7-8-12(15)10(3)9-11/h7-9,13-14,16H,4-6H2,1-3H3. The predicted octanol–water partition coefficient (Wildman–Crippen LogP) is 3.45. The lowest BCUT2D eigenvalue weighted by Crippen LogP contribution is -2.31. The van der Waals surface area contributed by atoms with Crippen molar-refractivity contribution in [2.75, 3.05) is 0 Å². The van der Waals surface area contributed by atoms with Crippen LogP contribution in [-0.4, -0.2) is 17.3 Å². The summed E-state index contributed by atoms with van der Waals surface area (Å²) in [6, 6.07) is 4.66. The van der Waals surface area contributed by atoms with E-state index in [2.05, 4.69) is 0 Å². The van der Waals surface area contributed by atoms with Gasteiger partial charge in [0.05, 0.1) is 6.10 Å². The molecule has 1 N–H and O–H groups in total. The third-order valence-electron chi connectivity index (χ3n) is 2.83. The Balaban J connectivity index is 2.70. The molecule has 0 bridgehead atoms. The van der Waals surface area contributed by atoms with Gasteiger partial charge in [-0.05, 0) is 43.5 Å². The number of hydrogen-bond acceptors (Lipinski definition) is 2. The maximum absolute atomic E-state index is 13.1. The van der Waals surface area contributed by atoms with Crippen molar-refractivity contribution in [3.63, 3.8) is 0 Å². The number of halogens is 1. The van der Waals surface area contributed by atoms with Gasteiger partial charge < -0.3 is 9.84 Å². The normalized spacial score (nSPS) is 14.4. The lowest BCUT2D eigenvalue weighted by Gasteiger charge is -2.23. The van der Waals surface area contributed by atoms with Crippen molar-refractivity contribution in [2.45, 2.75) is 52.2 Å². The van der Waals surface area contributed by atoms with Crippen molar-refractivity contribution >= 4 is 0 Å². The SMILES string of the molecule is CCCC(O)C(CC)Oc1ccc(F)c(C)c1. The van der Waals surface area contributed by atoms with E-state index in [1.807, 2.05) is 13.8 Å². The maximum Gasteiger partial charge on any atom is 0.126 e. The first-order valence-electron chi connectivity index (χ1n) is 6.19. The second-order valence-electron chi connectivity index (χ2n) is 4.33. The highest BCUT2D eigenvalue weighted by Gasteiger charge is 2.18. The number of aliphatic hydroxyl groups excluding tert-OH is 1. The monoisotopic (exact) mass is 240 g/mol. The van der Waals surface area contributed by atoms with E-state index < -0.39 is 6.10 Å². The highest BCUT2D eigenvalue weighted by atomic mass is 19.1. The van der Waals surface area contributed by atoms with Gasteiger partial charge in [-0.2, -0.15) is 0 Å². The van der Waals surface area contributed by atoms with Crippen LogP contribution in [0.4, 0.5) is 4.39 Å². The largest absolute Gasteiger partial charge is 0.488 e. The average molecular weight is 240 g/mol. The quantitative estimate of drug-likeness (QED) is 0.825. The number of aryl methyl sites for hydroxylation is 1. The molecule has 96 valence electrons. The zero-order chi connectivity index (χ0) is 12.8. The van der Waals surface area contributed by atoms with E-state index in [1.165, 1.54) is 6.07 Å². The minimum absolute atomic E-state index is 0.222. The van der Waals surface area contributed by atoms with E-state index in [0.29, 0.717) is 11.3 Å². The molecule has 3 heteroatoms. The van der Waals surface area contributed by atoms with E-state index in [0.717, 1.165) is 19.3 Å². The molecule has 17 heavy (non-hydrogen) atoms. The molecule has 2 atom stereocenters. The topological polar surface area (TPSA) is 29.5 Å². The Morgan fingerprint density at radius 1 is 1.35 bits per heavy atom. The first kappa shape index (κ1) is 14.0. The lowest BCUT2D eigenvalue weighted by atomic mass is 10.1. The van der Waals surface area contributed by atoms with Crippen molar-refractivity contribution in [3.8, 4) is 5.75 Å². The van der Waals surface area contributed by atoms with Gasteiger partial charge in [0.25, 0.3) is 0 Å². The van der Waals surface area contributed by atoms with Gasteiger partial charge in [-0.15, -0.1) is 0 Å². The molecule has 0 saturated carbocycles. The predicted molar refractivity (Wildman–Crippen MR) is 66.8 cm³/mol. The fourth-order valence-electron chi connectivity index (χ4n) is 1.78. The lowest BCUT2D eigenvalue weighted by molar-refractivity contribution is 0.0284. The summed E-state index contributed by atoms with van der Waals surface area (Å²) in [6.45, 7) is 5.70. The molecule has 1 aromatic rings. The summed E-state index contributed by atoms with van der Waals surface area (Å²) in [5.41, 5.74) is 0.558. The van der Waals surface area contributed by atoms with Crippen LogP contribution in [0.5, 0.6) is 5.75 Å². The minimum Gasteiger partial charge on any atom is -0.488 e. The molecular formula is C14H21FO2. The molecule has 0 fully saturated rings. The van der Waals surface area contributed by atoms with Gasteiger partial charge in [-0.25, -0.2) is 4.39 Å². The van der Waals surface area contributed by atoms with Crippen LogP contribution in [0.3, 0.4) is 0 Å². The highest BCUT2D eigenvalue weighted by molar-refractivity contribution is 5.29. The Bertz CT molecular complexity index is 352. The zero-order valence-corrected chi connectivity index (χ0v) is 10.7. The van der Waals surface area contributed by atoms with Crippen LogP contribution < -0.4 is 4.74 Å². The van der Waals surface area contributed by atoms with Crippen LogP contribution in [0.25, 0.3) is 0 Å². The zero-order valence-electron chi connectivity index (χ0n) is 10.7. The van der Waals surface area contributed by atoms with Gasteiger partial charge in [0, 0.05) is 0 Å². The Labute approximate surface area is 102 Å². The summed E-state index contributed by atoms with van der Waals surface area (Å²) in [4.78, 5) is 0. The molecule has 1 rings (SSSR count). The molecule has 0 radical (unpaired) electrons. The van der Waals surface area contributed by atoms with Gasteiger partial charge in [0.2, 0.25) is 0 Å². The molecule has 2 unspecified atom stereocenters. The summed E-state index contributed by atoms with van der Waals surface area (Å²) in [7, 11) is 0. The second-order valence-corrected chi connectivity index (χ2v) is 4.33. The number of hydrogen-bond donors (Lipinski definition) is 1. The number of ether oxygens (including phenoxy) is 1. The summed E-state index contributed by atoms with van der Waals surface area (Å²) in [5, 5.41) is 9.90. The smallest absolute Gasteiger partial charge is 0.126 e. The summed E-state index contributed by atoms with van der Waals surface area (Å²) in [5.74, 6) is 0.380. The van der Waals surface area contributed by atoms with Gasteiger partial charge in [0.1, 0.15) is 17.7 Å². The van der Waals surface area contributed by atoms with Crippen LogP contribution >= 0.6 is 0 Å². The van der Waals surface area contributed by atoms with E-state index in [9.17, 15) is 9.50 Å². The summed E-state index contributed by atoms with van der Waals surface area (Å²) >= 11 is 0. The minimum atomic E-state index is -0.463. The van der Waals surface area contributed by atoms with E-state index >= 15 is 0 Å². The maximum atomic E-state index is 13.1. The molecule has 1 aromatic carbocycles. The molecule has 0 aliphatic rings. The van der Waals surface area contributed by atoms with E-state index in [4.69, 9.17) is 4.74 Å². The third kappa shape index (κ3) is 4.00. The average Bonchev–Trinajstić information content (AvgIpc) is 2.30. The van der Waals surface area contributed by atoms with Crippen LogP contribution in [-0.2, 0) is 0 Å². The molecule has 0 heterocycles. The van der Waals surface area contributed by atoms with Gasteiger partial charge in [0.15, 0.2) is 0 Å². The van der Waals surface area contributed by atoms with E-state index in [-0.39, 0.29) is 11.9 Å². The number of rotatable bonds is 6. The van der Waals surface area contributed by atoms with Gasteiger partial charge >= 0.3 is 0 Å². The van der Waals surface area contributed by atoms with Crippen molar-refractivity contribution in [3.05, 3.63) is 29.6 Å². The molecule has 0 aromatic heterocycles. The highest BCUT2D eigenvalue weighted by Crippen LogP contribution is 2.20. The summed E-state index contributed by atoms with van der Waals surface area (Å²) < 4.78 is 18.8.